The molecule has 2 aromatic heterocycles. The van der Waals surface area contributed by atoms with Crippen LogP contribution in [-0.2, 0) is 10.8 Å². The Morgan fingerprint density at radius 1 is 0.500 bits per heavy atom. The molecule has 0 radical (unpaired) electrons. The molecule has 5 aromatic rings. The third-order valence-electron chi connectivity index (χ3n) is 7.26. The summed E-state index contributed by atoms with van der Waals surface area (Å²) in [5, 5.41) is 0. The Labute approximate surface area is 201 Å². The molecule has 1 aliphatic carbocycles. The molecule has 164 valence electrons. The van der Waals surface area contributed by atoms with Crippen molar-refractivity contribution >= 4 is 0 Å². The molecular weight excluding hydrogens is 412 g/mol. The molecule has 6 rings (SSSR count). The Hall–Kier alpha value is -4.04. The highest BCUT2D eigenvalue weighted by atomic mass is 14.8. The SMILES string of the molecule is CC1(C)c2ccccc2C(c2ccccn2)(c2cccc(-c3ccccc3)n2)c2ccccc21. The maximum absolute atomic E-state index is 5.32. The van der Waals surface area contributed by atoms with E-state index in [4.69, 9.17) is 9.97 Å². The van der Waals surface area contributed by atoms with E-state index in [-0.39, 0.29) is 5.41 Å². The predicted octanol–water partition coefficient (Wildman–Crippen LogP) is 7.17. The average Bonchev–Trinajstić information content (AvgIpc) is 2.91. The Balaban J connectivity index is 1.76. The summed E-state index contributed by atoms with van der Waals surface area (Å²) in [5.41, 5.74) is 8.41. The van der Waals surface area contributed by atoms with E-state index in [0.29, 0.717) is 0 Å². The van der Waals surface area contributed by atoms with Gasteiger partial charge >= 0.3 is 0 Å². The molecule has 0 bridgehead atoms. The molecular formula is C32H26N2. The van der Waals surface area contributed by atoms with Crippen LogP contribution in [0.15, 0.2) is 121 Å². The molecule has 2 heteroatoms. The smallest absolute Gasteiger partial charge is 0.105 e. The molecule has 0 N–H and O–H groups in total. The van der Waals surface area contributed by atoms with Gasteiger partial charge in [-0.15, -0.1) is 0 Å². The van der Waals surface area contributed by atoms with Gasteiger partial charge in [-0.2, -0.15) is 0 Å². The van der Waals surface area contributed by atoms with Crippen LogP contribution in [0.25, 0.3) is 11.3 Å². The zero-order valence-corrected chi connectivity index (χ0v) is 19.4. The van der Waals surface area contributed by atoms with Gasteiger partial charge in [-0.25, -0.2) is 0 Å². The summed E-state index contributed by atoms with van der Waals surface area (Å²) >= 11 is 0. The summed E-state index contributed by atoms with van der Waals surface area (Å²) in [6, 6.07) is 40.6. The molecule has 0 atom stereocenters. The lowest BCUT2D eigenvalue weighted by molar-refractivity contribution is 0.545. The van der Waals surface area contributed by atoms with Crippen LogP contribution in [0.1, 0.15) is 47.5 Å². The number of rotatable bonds is 3. The van der Waals surface area contributed by atoms with Gasteiger partial charge in [0.1, 0.15) is 5.41 Å². The van der Waals surface area contributed by atoms with E-state index < -0.39 is 5.41 Å². The second kappa shape index (κ2) is 7.78. The van der Waals surface area contributed by atoms with Crippen molar-refractivity contribution < 1.29 is 0 Å². The van der Waals surface area contributed by atoms with Crippen LogP contribution in [0.3, 0.4) is 0 Å². The highest BCUT2D eigenvalue weighted by molar-refractivity contribution is 5.69. The summed E-state index contributed by atoms with van der Waals surface area (Å²) in [7, 11) is 0. The maximum atomic E-state index is 5.32. The average molecular weight is 439 g/mol. The van der Waals surface area contributed by atoms with Gasteiger partial charge < -0.3 is 0 Å². The maximum Gasteiger partial charge on any atom is 0.105 e. The lowest BCUT2D eigenvalue weighted by atomic mass is 9.56. The molecule has 2 heterocycles. The predicted molar refractivity (Wildman–Crippen MR) is 138 cm³/mol. The second-order valence-electron chi connectivity index (χ2n) is 9.46. The van der Waals surface area contributed by atoms with Gasteiger partial charge in [-0.1, -0.05) is 105 Å². The first-order valence-corrected chi connectivity index (χ1v) is 11.8. The topological polar surface area (TPSA) is 25.8 Å². The van der Waals surface area contributed by atoms with Crippen LogP contribution in [0.4, 0.5) is 0 Å². The third-order valence-corrected chi connectivity index (χ3v) is 7.26. The van der Waals surface area contributed by atoms with Gasteiger partial charge in [0, 0.05) is 17.2 Å². The minimum atomic E-state index is -0.616. The third kappa shape index (κ3) is 2.88. The summed E-state index contributed by atoms with van der Waals surface area (Å²) in [5.74, 6) is 0. The van der Waals surface area contributed by atoms with E-state index in [1.54, 1.807) is 0 Å². The molecule has 0 spiro atoms. The van der Waals surface area contributed by atoms with E-state index >= 15 is 0 Å². The van der Waals surface area contributed by atoms with Crippen molar-refractivity contribution in [3.8, 4) is 11.3 Å². The molecule has 3 aromatic carbocycles. The van der Waals surface area contributed by atoms with E-state index in [2.05, 4.69) is 117 Å². The van der Waals surface area contributed by atoms with E-state index in [0.717, 1.165) is 22.6 Å². The fourth-order valence-electron chi connectivity index (χ4n) is 5.68. The number of nitrogens with zero attached hydrogens (tertiary/aromatic N) is 2. The first-order valence-electron chi connectivity index (χ1n) is 11.8. The van der Waals surface area contributed by atoms with Crippen molar-refractivity contribution in [2.24, 2.45) is 0 Å². The van der Waals surface area contributed by atoms with Crippen molar-refractivity contribution in [2.45, 2.75) is 24.7 Å². The van der Waals surface area contributed by atoms with Gasteiger partial charge in [0.15, 0.2) is 0 Å². The fraction of sp³-hybridized carbons (Fsp3) is 0.125. The highest BCUT2D eigenvalue weighted by Gasteiger charge is 2.50. The number of pyridine rings is 2. The van der Waals surface area contributed by atoms with Crippen LogP contribution in [0.5, 0.6) is 0 Å². The molecule has 2 nitrogen and oxygen atoms in total. The van der Waals surface area contributed by atoms with Crippen LogP contribution in [0.2, 0.25) is 0 Å². The minimum absolute atomic E-state index is 0.136. The molecule has 0 saturated carbocycles. The Kier molecular flexibility index (Phi) is 4.70. The molecule has 1 aliphatic rings. The number of hydrogen-bond donors (Lipinski definition) is 0. The summed E-state index contributed by atoms with van der Waals surface area (Å²) in [6.07, 6.45) is 1.89. The molecule has 0 amide bonds. The largest absolute Gasteiger partial charge is 0.260 e. The number of aromatic nitrogens is 2. The van der Waals surface area contributed by atoms with Gasteiger partial charge in [-0.3, -0.25) is 9.97 Å². The quantitative estimate of drug-likeness (QED) is 0.298. The second-order valence-corrected chi connectivity index (χ2v) is 9.46. The number of fused-ring (bicyclic) bond motifs is 2. The van der Waals surface area contributed by atoms with Gasteiger partial charge in [0.2, 0.25) is 0 Å². The Morgan fingerprint density at radius 2 is 1.06 bits per heavy atom. The van der Waals surface area contributed by atoms with Crippen molar-refractivity contribution in [3.05, 3.63) is 155 Å². The fourth-order valence-corrected chi connectivity index (χ4v) is 5.68. The van der Waals surface area contributed by atoms with E-state index in [9.17, 15) is 0 Å². The normalized spacial score (nSPS) is 15.2. The minimum Gasteiger partial charge on any atom is -0.260 e. The molecule has 0 saturated heterocycles. The zero-order valence-electron chi connectivity index (χ0n) is 19.4. The van der Waals surface area contributed by atoms with Crippen LogP contribution < -0.4 is 0 Å². The van der Waals surface area contributed by atoms with Crippen molar-refractivity contribution in [2.75, 3.05) is 0 Å². The van der Waals surface area contributed by atoms with Crippen LogP contribution in [0, 0.1) is 0 Å². The van der Waals surface area contributed by atoms with Crippen molar-refractivity contribution in [1.82, 2.24) is 9.97 Å². The summed E-state index contributed by atoms with van der Waals surface area (Å²) < 4.78 is 0. The van der Waals surface area contributed by atoms with Gasteiger partial charge in [0.05, 0.1) is 17.1 Å². The first kappa shape index (κ1) is 20.6. The van der Waals surface area contributed by atoms with Gasteiger partial charge in [-0.05, 0) is 46.5 Å². The van der Waals surface area contributed by atoms with Crippen LogP contribution >= 0.6 is 0 Å². The van der Waals surface area contributed by atoms with E-state index in [1.807, 2.05) is 18.3 Å². The molecule has 34 heavy (non-hydrogen) atoms. The first-order chi connectivity index (χ1) is 16.6. The van der Waals surface area contributed by atoms with Crippen molar-refractivity contribution in [1.29, 1.82) is 0 Å². The van der Waals surface area contributed by atoms with Crippen molar-refractivity contribution in [3.63, 3.8) is 0 Å². The lowest BCUT2D eigenvalue weighted by Gasteiger charge is -2.46. The monoisotopic (exact) mass is 438 g/mol. The zero-order chi connectivity index (χ0) is 23.2. The summed E-state index contributed by atoms with van der Waals surface area (Å²) in [4.78, 5) is 10.3. The molecule has 0 fully saturated rings. The number of benzene rings is 3. The van der Waals surface area contributed by atoms with Crippen LogP contribution in [-0.4, -0.2) is 9.97 Å². The Bertz CT molecular complexity index is 1420. The molecule has 0 aliphatic heterocycles. The molecule has 0 unspecified atom stereocenters. The lowest BCUT2D eigenvalue weighted by Crippen LogP contribution is -2.42. The highest BCUT2D eigenvalue weighted by Crippen LogP contribution is 2.54. The number of hydrogen-bond acceptors (Lipinski definition) is 2. The van der Waals surface area contributed by atoms with Gasteiger partial charge in [0.25, 0.3) is 0 Å². The van der Waals surface area contributed by atoms with E-state index in [1.165, 1.54) is 22.3 Å². The Morgan fingerprint density at radius 3 is 1.68 bits per heavy atom. The summed E-state index contributed by atoms with van der Waals surface area (Å²) in [6.45, 7) is 4.64. The standard InChI is InChI=1S/C32H26N2/c1-31(2)24-15-6-8-17-26(24)32(29-20-10-11-22-33-29,27-18-9-7-16-25(27)31)30-21-12-19-28(34-30)23-13-4-3-5-14-23/h3-22H,1-2H3.